The number of hydrogen-bond acceptors (Lipinski definition) is 2. The Labute approximate surface area is 74.1 Å². The summed E-state index contributed by atoms with van der Waals surface area (Å²) in [6, 6.07) is 0.505. The van der Waals surface area contributed by atoms with Gasteiger partial charge < -0.3 is 10.2 Å². The number of nitrogens with zero attached hydrogens (tertiary/aromatic N) is 1. The van der Waals surface area contributed by atoms with Crippen LogP contribution in [0.4, 0.5) is 0 Å². The molecule has 2 fully saturated rings. The lowest BCUT2D eigenvalue weighted by Crippen LogP contribution is -2.37. The van der Waals surface area contributed by atoms with Crippen LogP contribution in [0.15, 0.2) is 0 Å². The van der Waals surface area contributed by atoms with Crippen LogP contribution in [-0.2, 0) is 4.79 Å². The zero-order valence-corrected chi connectivity index (χ0v) is 6.68. The highest BCUT2D eigenvalue weighted by atomic mass is 16.2. The molecule has 2 heterocycles. The van der Waals surface area contributed by atoms with E-state index in [0.29, 0.717) is 11.9 Å². The largest absolute Gasteiger partial charge is 0.338 e. The lowest BCUT2D eigenvalue weighted by molar-refractivity contribution is -0.129. The van der Waals surface area contributed by atoms with E-state index >= 15 is 0 Å². The van der Waals surface area contributed by atoms with Gasteiger partial charge in [-0.2, -0.15) is 0 Å². The molecule has 0 aromatic heterocycles. The first kappa shape index (κ1) is 9.52. The van der Waals surface area contributed by atoms with E-state index in [-0.39, 0.29) is 7.43 Å². The third-order valence-corrected chi connectivity index (χ3v) is 2.59. The predicted molar refractivity (Wildman–Crippen MR) is 49.0 cm³/mol. The number of nitrogens with one attached hydrogen (secondary N) is 1. The Morgan fingerprint density at radius 1 is 1.50 bits per heavy atom. The van der Waals surface area contributed by atoms with Gasteiger partial charge in [-0.15, -0.1) is 0 Å². The number of carbonyl (C=O) groups is 1. The zero-order valence-electron chi connectivity index (χ0n) is 6.68. The molecule has 1 N–H and O–H groups in total. The molecule has 1 amide bonds. The Hall–Kier alpha value is -0.570. The van der Waals surface area contributed by atoms with Gasteiger partial charge in [0.05, 0.1) is 0 Å². The van der Waals surface area contributed by atoms with E-state index in [9.17, 15) is 4.79 Å². The van der Waals surface area contributed by atoms with E-state index in [2.05, 4.69) is 5.32 Å². The molecule has 2 rings (SSSR count). The Balaban J connectivity index is 0.000000720. The van der Waals surface area contributed by atoms with Crippen LogP contribution in [-0.4, -0.2) is 36.5 Å². The summed E-state index contributed by atoms with van der Waals surface area (Å²) in [5, 5.41) is 3.28. The Morgan fingerprint density at radius 3 is 2.83 bits per heavy atom. The predicted octanol–water partition coefficient (Wildman–Crippen LogP) is 0.607. The molecule has 0 aliphatic carbocycles. The summed E-state index contributed by atoms with van der Waals surface area (Å²) in [6.45, 7) is 3.07. The first-order chi connectivity index (χ1) is 5.38. The minimum Gasteiger partial charge on any atom is -0.338 e. The van der Waals surface area contributed by atoms with E-state index in [1.165, 1.54) is 0 Å². The third-order valence-electron chi connectivity index (χ3n) is 2.59. The standard InChI is InChI=1S/C8H14N2O.CH4/c11-8-2-1-5-10(8)7-3-4-9-6-7;/h7,9H,1-6H2;1H4/t7-;/m0./s1. The lowest BCUT2D eigenvalue weighted by atomic mass is 10.2. The molecule has 0 radical (unpaired) electrons. The maximum Gasteiger partial charge on any atom is 0.222 e. The van der Waals surface area contributed by atoms with Crippen molar-refractivity contribution in [3.63, 3.8) is 0 Å². The molecule has 2 saturated heterocycles. The maximum absolute atomic E-state index is 11.3. The Bertz CT molecular complexity index is 164. The second-order valence-electron chi connectivity index (χ2n) is 3.34. The van der Waals surface area contributed by atoms with Gasteiger partial charge in [0.2, 0.25) is 5.91 Å². The summed E-state index contributed by atoms with van der Waals surface area (Å²) in [6.07, 6.45) is 2.98. The first-order valence-electron chi connectivity index (χ1n) is 4.38. The molecule has 2 aliphatic rings. The minimum absolute atomic E-state index is 0. The maximum atomic E-state index is 11.3. The molecule has 0 unspecified atom stereocenters. The van der Waals surface area contributed by atoms with Crippen LogP contribution < -0.4 is 5.32 Å². The SMILES string of the molecule is C.O=C1CCCN1[C@H]1CCNC1. The van der Waals surface area contributed by atoms with Crippen molar-refractivity contribution in [2.45, 2.75) is 32.7 Å². The van der Waals surface area contributed by atoms with Gasteiger partial charge in [-0.25, -0.2) is 0 Å². The summed E-state index contributed by atoms with van der Waals surface area (Å²) in [7, 11) is 0. The molecule has 3 heteroatoms. The highest BCUT2D eigenvalue weighted by molar-refractivity contribution is 5.78. The van der Waals surface area contributed by atoms with Crippen molar-refractivity contribution in [3.8, 4) is 0 Å². The van der Waals surface area contributed by atoms with Crippen LogP contribution in [0, 0.1) is 0 Å². The molecule has 3 nitrogen and oxygen atoms in total. The van der Waals surface area contributed by atoms with Crippen molar-refractivity contribution >= 4 is 5.91 Å². The Morgan fingerprint density at radius 2 is 2.33 bits per heavy atom. The van der Waals surface area contributed by atoms with Gasteiger partial charge in [0, 0.05) is 25.6 Å². The van der Waals surface area contributed by atoms with Gasteiger partial charge in [0.1, 0.15) is 0 Å². The molecule has 0 aromatic carbocycles. The molecular formula is C9H18N2O. The summed E-state index contributed by atoms with van der Waals surface area (Å²) in [5.41, 5.74) is 0. The Kier molecular flexibility index (Phi) is 3.09. The van der Waals surface area contributed by atoms with Crippen LogP contribution in [0.3, 0.4) is 0 Å². The van der Waals surface area contributed by atoms with E-state index < -0.39 is 0 Å². The zero-order chi connectivity index (χ0) is 7.68. The van der Waals surface area contributed by atoms with Gasteiger partial charge in [0.25, 0.3) is 0 Å². The van der Waals surface area contributed by atoms with Crippen LogP contribution >= 0.6 is 0 Å². The van der Waals surface area contributed by atoms with Crippen LogP contribution in [0.1, 0.15) is 26.7 Å². The van der Waals surface area contributed by atoms with Crippen LogP contribution in [0.5, 0.6) is 0 Å². The van der Waals surface area contributed by atoms with E-state index in [1.807, 2.05) is 4.90 Å². The third kappa shape index (κ3) is 1.61. The number of carbonyl (C=O) groups excluding carboxylic acids is 1. The van der Waals surface area contributed by atoms with Crippen molar-refractivity contribution in [3.05, 3.63) is 0 Å². The quantitative estimate of drug-likeness (QED) is 0.625. The highest BCUT2D eigenvalue weighted by Gasteiger charge is 2.29. The van der Waals surface area contributed by atoms with E-state index in [4.69, 9.17) is 0 Å². The van der Waals surface area contributed by atoms with Crippen LogP contribution in [0.2, 0.25) is 0 Å². The number of rotatable bonds is 1. The van der Waals surface area contributed by atoms with Crippen LogP contribution in [0.25, 0.3) is 0 Å². The fourth-order valence-corrected chi connectivity index (χ4v) is 1.96. The topological polar surface area (TPSA) is 32.3 Å². The number of likely N-dealkylation sites (tertiary alicyclic amines) is 1. The molecule has 0 aromatic rings. The highest BCUT2D eigenvalue weighted by Crippen LogP contribution is 2.16. The second kappa shape index (κ2) is 3.90. The molecule has 0 spiro atoms. The second-order valence-corrected chi connectivity index (χ2v) is 3.34. The van der Waals surface area contributed by atoms with E-state index in [0.717, 1.165) is 38.9 Å². The lowest BCUT2D eigenvalue weighted by Gasteiger charge is -2.22. The molecule has 2 aliphatic heterocycles. The van der Waals surface area contributed by atoms with Gasteiger partial charge in [-0.3, -0.25) is 4.79 Å². The number of hydrogen-bond donors (Lipinski definition) is 1. The summed E-state index contributed by atoms with van der Waals surface area (Å²) >= 11 is 0. The van der Waals surface area contributed by atoms with Gasteiger partial charge in [-0.05, 0) is 19.4 Å². The minimum atomic E-state index is 0. The van der Waals surface area contributed by atoms with Crippen molar-refractivity contribution in [2.75, 3.05) is 19.6 Å². The van der Waals surface area contributed by atoms with Crippen molar-refractivity contribution in [1.82, 2.24) is 10.2 Å². The summed E-state index contributed by atoms with van der Waals surface area (Å²) in [5.74, 6) is 0.360. The molecular weight excluding hydrogens is 152 g/mol. The van der Waals surface area contributed by atoms with Crippen molar-refractivity contribution < 1.29 is 4.79 Å². The monoisotopic (exact) mass is 170 g/mol. The van der Waals surface area contributed by atoms with Gasteiger partial charge in [0.15, 0.2) is 0 Å². The smallest absolute Gasteiger partial charge is 0.222 e. The fourth-order valence-electron chi connectivity index (χ4n) is 1.96. The summed E-state index contributed by atoms with van der Waals surface area (Å²) in [4.78, 5) is 13.3. The molecule has 12 heavy (non-hydrogen) atoms. The average Bonchev–Trinajstić information content (AvgIpc) is 2.55. The number of amides is 1. The van der Waals surface area contributed by atoms with Crippen molar-refractivity contribution in [1.29, 1.82) is 0 Å². The normalized spacial score (nSPS) is 29.2. The molecule has 0 bridgehead atoms. The molecule has 1 atom stereocenters. The van der Waals surface area contributed by atoms with Gasteiger partial charge >= 0.3 is 0 Å². The summed E-state index contributed by atoms with van der Waals surface area (Å²) < 4.78 is 0. The van der Waals surface area contributed by atoms with Crippen molar-refractivity contribution in [2.24, 2.45) is 0 Å². The molecule has 70 valence electrons. The average molecular weight is 170 g/mol. The molecule has 0 saturated carbocycles. The van der Waals surface area contributed by atoms with Gasteiger partial charge in [-0.1, -0.05) is 7.43 Å². The fraction of sp³-hybridized carbons (Fsp3) is 0.889. The first-order valence-corrected chi connectivity index (χ1v) is 4.38. The van der Waals surface area contributed by atoms with E-state index in [1.54, 1.807) is 0 Å².